The van der Waals surface area contributed by atoms with Crippen molar-refractivity contribution in [3.05, 3.63) is 54.1 Å². The Bertz CT molecular complexity index is 772. The summed E-state index contributed by atoms with van der Waals surface area (Å²) in [5, 5.41) is 9.29. The lowest BCUT2D eigenvalue weighted by molar-refractivity contribution is 0.0944. The maximum Gasteiger partial charge on any atom is 0.266 e. The molecule has 3 N–H and O–H groups in total. The highest BCUT2D eigenvalue weighted by molar-refractivity contribution is 7.89. The smallest absolute Gasteiger partial charge is 0.266 e. The van der Waals surface area contributed by atoms with Crippen molar-refractivity contribution in [2.45, 2.75) is 4.90 Å². The molecule has 0 aromatic heterocycles. The minimum Gasteiger partial charge on any atom is -0.508 e. The Kier molecular flexibility index (Phi) is 4.64. The summed E-state index contributed by atoms with van der Waals surface area (Å²) < 4.78 is 29.0. The Labute approximate surface area is 127 Å². The predicted molar refractivity (Wildman–Crippen MR) is 78.9 cm³/mol. The van der Waals surface area contributed by atoms with Crippen molar-refractivity contribution in [2.75, 3.05) is 7.11 Å². The molecular formula is C14H14N2O5S. The van der Waals surface area contributed by atoms with E-state index >= 15 is 0 Å². The van der Waals surface area contributed by atoms with Gasteiger partial charge >= 0.3 is 0 Å². The topological polar surface area (TPSA) is 105 Å². The Balaban J connectivity index is 2.07. The van der Waals surface area contributed by atoms with Crippen molar-refractivity contribution in [3.8, 4) is 11.5 Å². The number of carbonyl (C=O) groups is 1. The largest absolute Gasteiger partial charge is 0.508 e. The summed E-state index contributed by atoms with van der Waals surface area (Å²) in [6.07, 6.45) is 0. The highest BCUT2D eigenvalue weighted by Crippen LogP contribution is 2.15. The van der Waals surface area contributed by atoms with Gasteiger partial charge in [0.25, 0.3) is 15.9 Å². The van der Waals surface area contributed by atoms with E-state index in [0.29, 0.717) is 5.75 Å². The van der Waals surface area contributed by atoms with Crippen LogP contribution in [0.1, 0.15) is 10.4 Å². The van der Waals surface area contributed by atoms with Crippen molar-refractivity contribution in [1.29, 1.82) is 0 Å². The lowest BCUT2D eigenvalue weighted by atomic mass is 10.2. The Morgan fingerprint density at radius 1 is 1.14 bits per heavy atom. The summed E-state index contributed by atoms with van der Waals surface area (Å²) >= 11 is 0. The predicted octanol–water partition coefficient (Wildman–Crippen LogP) is 1.02. The van der Waals surface area contributed by atoms with Crippen LogP contribution in [0.15, 0.2) is 53.4 Å². The Morgan fingerprint density at radius 3 is 2.41 bits per heavy atom. The monoisotopic (exact) mass is 322 g/mol. The van der Waals surface area contributed by atoms with Crippen molar-refractivity contribution in [2.24, 2.45) is 0 Å². The molecule has 0 atom stereocenters. The first-order valence-corrected chi connectivity index (χ1v) is 7.66. The lowest BCUT2D eigenvalue weighted by Crippen LogP contribution is -2.41. The fourth-order valence-corrected chi connectivity index (χ4v) is 2.49. The summed E-state index contributed by atoms with van der Waals surface area (Å²) in [6.45, 7) is 0. The fraction of sp³-hybridized carbons (Fsp3) is 0.0714. The van der Waals surface area contributed by atoms with Gasteiger partial charge in [-0.15, -0.1) is 4.83 Å². The number of benzene rings is 2. The van der Waals surface area contributed by atoms with Crippen molar-refractivity contribution < 1.29 is 23.1 Å². The second kappa shape index (κ2) is 6.46. The van der Waals surface area contributed by atoms with Gasteiger partial charge in [0.15, 0.2) is 0 Å². The van der Waals surface area contributed by atoms with E-state index in [-0.39, 0.29) is 16.2 Å². The van der Waals surface area contributed by atoms with Gasteiger partial charge in [-0.1, -0.05) is 6.07 Å². The van der Waals surface area contributed by atoms with Crippen LogP contribution in [-0.4, -0.2) is 26.5 Å². The van der Waals surface area contributed by atoms with Gasteiger partial charge in [-0.05, 0) is 42.5 Å². The lowest BCUT2D eigenvalue weighted by Gasteiger charge is -2.09. The summed E-state index contributed by atoms with van der Waals surface area (Å²) in [7, 11) is -2.43. The van der Waals surface area contributed by atoms with Crippen LogP contribution in [0.4, 0.5) is 0 Å². The van der Waals surface area contributed by atoms with Gasteiger partial charge in [0.1, 0.15) is 11.5 Å². The molecule has 22 heavy (non-hydrogen) atoms. The Hall–Kier alpha value is -2.58. The second-order valence-corrected chi connectivity index (χ2v) is 5.97. The summed E-state index contributed by atoms with van der Waals surface area (Å²) in [5.41, 5.74) is 2.20. The molecule has 2 aromatic carbocycles. The number of amides is 1. The van der Waals surface area contributed by atoms with E-state index in [4.69, 9.17) is 4.74 Å². The maximum absolute atomic E-state index is 12.0. The van der Waals surface area contributed by atoms with Gasteiger partial charge in [-0.3, -0.25) is 10.2 Å². The highest BCUT2D eigenvalue weighted by atomic mass is 32.2. The van der Waals surface area contributed by atoms with Crippen LogP contribution >= 0.6 is 0 Å². The standard InChI is InChI=1S/C14H14N2O5S/c1-21-12-5-7-13(8-6-12)22(19,20)16-15-14(18)10-3-2-4-11(17)9-10/h2-9,16-17H,1H3,(H,15,18). The quantitative estimate of drug-likeness (QED) is 0.713. The van der Waals surface area contributed by atoms with Crippen molar-refractivity contribution in [3.63, 3.8) is 0 Å². The number of aromatic hydroxyl groups is 1. The molecule has 0 aliphatic heterocycles. The average Bonchev–Trinajstić information content (AvgIpc) is 2.52. The van der Waals surface area contributed by atoms with E-state index in [1.807, 2.05) is 4.83 Å². The molecule has 2 rings (SSSR count). The van der Waals surface area contributed by atoms with E-state index in [9.17, 15) is 18.3 Å². The minimum absolute atomic E-state index is 0.0236. The maximum atomic E-state index is 12.0. The molecular weight excluding hydrogens is 308 g/mol. The molecule has 0 aliphatic rings. The van der Waals surface area contributed by atoms with Gasteiger partial charge in [0.2, 0.25) is 0 Å². The summed E-state index contributed by atoms with van der Waals surface area (Å²) in [6, 6.07) is 11.2. The van der Waals surface area contributed by atoms with Crippen LogP contribution < -0.4 is 15.0 Å². The zero-order chi connectivity index (χ0) is 16.2. The van der Waals surface area contributed by atoms with E-state index in [2.05, 4.69) is 5.43 Å². The van der Waals surface area contributed by atoms with Gasteiger partial charge in [-0.2, -0.15) is 0 Å². The van der Waals surface area contributed by atoms with E-state index in [1.54, 1.807) is 0 Å². The SMILES string of the molecule is COc1ccc(S(=O)(=O)NNC(=O)c2cccc(O)c2)cc1. The molecule has 0 heterocycles. The van der Waals surface area contributed by atoms with Crippen molar-refractivity contribution in [1.82, 2.24) is 10.3 Å². The summed E-state index contributed by atoms with van der Waals surface area (Å²) in [4.78, 5) is 13.8. The van der Waals surface area contributed by atoms with E-state index in [1.165, 1.54) is 55.6 Å². The molecule has 0 spiro atoms. The molecule has 7 nitrogen and oxygen atoms in total. The van der Waals surface area contributed by atoms with Crippen LogP contribution in [0.3, 0.4) is 0 Å². The highest BCUT2D eigenvalue weighted by Gasteiger charge is 2.15. The van der Waals surface area contributed by atoms with E-state index in [0.717, 1.165) is 0 Å². The normalized spacial score (nSPS) is 11.0. The van der Waals surface area contributed by atoms with Gasteiger partial charge < -0.3 is 9.84 Å². The third-order valence-electron chi connectivity index (χ3n) is 2.78. The number of nitrogens with one attached hydrogen (secondary N) is 2. The number of hydrogen-bond acceptors (Lipinski definition) is 5. The molecule has 1 amide bonds. The zero-order valence-electron chi connectivity index (χ0n) is 11.6. The first-order valence-electron chi connectivity index (χ1n) is 6.17. The average molecular weight is 322 g/mol. The third kappa shape index (κ3) is 3.74. The van der Waals surface area contributed by atoms with Crippen LogP contribution in [0.5, 0.6) is 11.5 Å². The molecule has 0 fully saturated rings. The number of phenols is 1. The zero-order valence-corrected chi connectivity index (χ0v) is 12.4. The molecule has 2 aromatic rings. The number of sulfonamides is 1. The number of carbonyl (C=O) groups excluding carboxylic acids is 1. The minimum atomic E-state index is -3.90. The van der Waals surface area contributed by atoms with Crippen LogP contribution in [0.25, 0.3) is 0 Å². The fourth-order valence-electron chi connectivity index (χ4n) is 1.65. The molecule has 8 heteroatoms. The molecule has 0 unspecified atom stereocenters. The van der Waals surface area contributed by atoms with Crippen LogP contribution in [-0.2, 0) is 10.0 Å². The van der Waals surface area contributed by atoms with Gasteiger partial charge in [0, 0.05) is 5.56 Å². The first kappa shape index (κ1) is 15.8. The number of rotatable bonds is 5. The molecule has 0 bridgehead atoms. The molecule has 116 valence electrons. The van der Waals surface area contributed by atoms with Gasteiger partial charge in [-0.25, -0.2) is 8.42 Å². The number of methoxy groups -OCH3 is 1. The molecule has 0 aliphatic carbocycles. The Morgan fingerprint density at radius 2 is 1.82 bits per heavy atom. The first-order chi connectivity index (χ1) is 10.4. The van der Waals surface area contributed by atoms with E-state index < -0.39 is 15.9 Å². The molecule has 0 radical (unpaired) electrons. The van der Waals surface area contributed by atoms with Crippen LogP contribution in [0.2, 0.25) is 0 Å². The van der Waals surface area contributed by atoms with Gasteiger partial charge in [0.05, 0.1) is 12.0 Å². The number of hydrazine groups is 1. The molecule has 0 saturated carbocycles. The van der Waals surface area contributed by atoms with Crippen LogP contribution in [0, 0.1) is 0 Å². The second-order valence-electron chi connectivity index (χ2n) is 4.29. The summed E-state index contributed by atoms with van der Waals surface area (Å²) in [5.74, 6) is -0.263. The number of phenolic OH excluding ortho intramolecular Hbond substituents is 1. The molecule has 0 saturated heterocycles. The number of ether oxygens (including phenoxy) is 1. The number of hydrogen-bond donors (Lipinski definition) is 3. The third-order valence-corrected chi connectivity index (χ3v) is 4.04. The van der Waals surface area contributed by atoms with Crippen molar-refractivity contribution >= 4 is 15.9 Å².